The van der Waals surface area contributed by atoms with Gasteiger partial charge in [0.15, 0.2) is 0 Å². The van der Waals surface area contributed by atoms with Crippen LogP contribution >= 0.6 is 0 Å². The van der Waals surface area contributed by atoms with Gasteiger partial charge < -0.3 is 20.1 Å². The highest BCUT2D eigenvalue weighted by Gasteiger charge is 2.13. The topological polar surface area (TPSA) is 82.6 Å². The van der Waals surface area contributed by atoms with Gasteiger partial charge in [-0.2, -0.15) is 5.10 Å². The first-order chi connectivity index (χ1) is 9.20. The number of rotatable bonds is 5. The van der Waals surface area contributed by atoms with Gasteiger partial charge >= 0.3 is 0 Å². The van der Waals surface area contributed by atoms with Crippen molar-refractivity contribution < 1.29 is 9.47 Å². The molecule has 1 aliphatic heterocycles. The minimum absolute atomic E-state index is 0.143. The van der Waals surface area contributed by atoms with Gasteiger partial charge in [-0.1, -0.05) is 0 Å². The molecule has 0 spiro atoms. The van der Waals surface area contributed by atoms with Gasteiger partial charge in [-0.15, -0.1) is 0 Å². The van der Waals surface area contributed by atoms with Gasteiger partial charge in [0.05, 0.1) is 38.2 Å². The highest BCUT2D eigenvalue weighted by molar-refractivity contribution is 5.43. The molecule has 2 rings (SSSR count). The molecular formula is C12H20N4O3. The lowest BCUT2D eigenvalue weighted by atomic mass is 10.3. The Morgan fingerprint density at radius 2 is 2.26 bits per heavy atom. The number of ether oxygens (including phenoxy) is 2. The van der Waals surface area contributed by atoms with Gasteiger partial charge in [-0.3, -0.25) is 4.79 Å². The summed E-state index contributed by atoms with van der Waals surface area (Å²) in [7, 11) is 1.58. The molecule has 7 nitrogen and oxygen atoms in total. The Balaban J connectivity index is 2.06. The van der Waals surface area contributed by atoms with Crippen LogP contribution in [0, 0.1) is 0 Å². The van der Waals surface area contributed by atoms with E-state index < -0.39 is 0 Å². The zero-order chi connectivity index (χ0) is 13.7. The van der Waals surface area contributed by atoms with Crippen LogP contribution in [0.25, 0.3) is 0 Å². The average molecular weight is 268 g/mol. The number of anilines is 1. The van der Waals surface area contributed by atoms with Crippen molar-refractivity contribution in [1.29, 1.82) is 0 Å². The summed E-state index contributed by atoms with van der Waals surface area (Å²) in [5.74, 6) is 0. The number of hydrogen-bond acceptors (Lipinski definition) is 6. The zero-order valence-electron chi connectivity index (χ0n) is 11.1. The van der Waals surface area contributed by atoms with Gasteiger partial charge in [0.25, 0.3) is 5.56 Å². The van der Waals surface area contributed by atoms with E-state index in [1.165, 1.54) is 4.68 Å². The van der Waals surface area contributed by atoms with Crippen molar-refractivity contribution in [3.8, 4) is 0 Å². The van der Waals surface area contributed by atoms with Crippen LogP contribution < -0.4 is 16.2 Å². The third kappa shape index (κ3) is 3.76. The first-order valence-corrected chi connectivity index (χ1v) is 6.35. The maximum atomic E-state index is 12.0. The Bertz CT molecular complexity index is 457. The van der Waals surface area contributed by atoms with Crippen LogP contribution in [0.15, 0.2) is 17.1 Å². The number of methoxy groups -OCH3 is 1. The Morgan fingerprint density at radius 1 is 1.53 bits per heavy atom. The van der Waals surface area contributed by atoms with E-state index in [4.69, 9.17) is 15.2 Å². The summed E-state index contributed by atoms with van der Waals surface area (Å²) in [6.07, 6.45) is 1.70. The molecule has 1 aromatic heterocycles. The molecule has 1 aromatic rings. The largest absolute Gasteiger partial charge is 0.383 e. The van der Waals surface area contributed by atoms with Crippen molar-refractivity contribution in [2.45, 2.75) is 12.6 Å². The van der Waals surface area contributed by atoms with E-state index in [0.717, 1.165) is 18.8 Å². The third-order valence-corrected chi connectivity index (χ3v) is 3.02. The predicted octanol–water partition coefficient (Wildman–Crippen LogP) is -0.946. The van der Waals surface area contributed by atoms with Crippen molar-refractivity contribution in [3.05, 3.63) is 22.6 Å². The molecule has 0 saturated carbocycles. The van der Waals surface area contributed by atoms with Crippen molar-refractivity contribution >= 4 is 5.69 Å². The lowest BCUT2D eigenvalue weighted by Gasteiger charge is -2.28. The summed E-state index contributed by atoms with van der Waals surface area (Å²) in [6.45, 7) is 3.70. The van der Waals surface area contributed by atoms with E-state index >= 15 is 0 Å². The number of nitrogens with two attached hydrogens (primary N) is 1. The molecular weight excluding hydrogens is 248 g/mol. The predicted molar refractivity (Wildman–Crippen MR) is 71.4 cm³/mol. The molecule has 1 saturated heterocycles. The molecule has 0 aliphatic carbocycles. The second kappa shape index (κ2) is 6.65. The van der Waals surface area contributed by atoms with E-state index in [-0.39, 0.29) is 11.6 Å². The van der Waals surface area contributed by atoms with E-state index in [9.17, 15) is 4.79 Å². The lowest BCUT2D eigenvalue weighted by Crippen LogP contribution is -2.39. The first-order valence-electron chi connectivity index (χ1n) is 6.35. The fourth-order valence-corrected chi connectivity index (χ4v) is 2.04. The molecule has 1 fully saturated rings. The van der Waals surface area contributed by atoms with E-state index in [1.807, 2.05) is 0 Å². The first kappa shape index (κ1) is 14.0. The smallest absolute Gasteiger partial charge is 0.268 e. The molecule has 0 aromatic carbocycles. The maximum Gasteiger partial charge on any atom is 0.268 e. The van der Waals surface area contributed by atoms with E-state index in [2.05, 4.69) is 10.00 Å². The Kier molecular flexibility index (Phi) is 4.89. The third-order valence-electron chi connectivity index (χ3n) is 3.02. The van der Waals surface area contributed by atoms with Gasteiger partial charge in [-0.25, -0.2) is 4.68 Å². The van der Waals surface area contributed by atoms with Gasteiger partial charge in [0.2, 0.25) is 0 Å². The molecule has 2 heterocycles. The zero-order valence-corrected chi connectivity index (χ0v) is 11.1. The van der Waals surface area contributed by atoms with Crippen LogP contribution in [0.2, 0.25) is 0 Å². The molecule has 19 heavy (non-hydrogen) atoms. The summed E-state index contributed by atoms with van der Waals surface area (Å²) >= 11 is 0. The van der Waals surface area contributed by atoms with Gasteiger partial charge in [-0.05, 0) is 0 Å². The monoisotopic (exact) mass is 268 g/mol. The molecule has 106 valence electrons. The molecule has 0 radical (unpaired) electrons. The average Bonchev–Trinajstić information content (AvgIpc) is 2.42. The molecule has 1 aliphatic rings. The summed E-state index contributed by atoms with van der Waals surface area (Å²) in [6, 6.07) is 1.36. The van der Waals surface area contributed by atoms with Crippen molar-refractivity contribution in [3.63, 3.8) is 0 Å². The van der Waals surface area contributed by atoms with Crippen LogP contribution in [0.4, 0.5) is 5.69 Å². The maximum absolute atomic E-state index is 12.0. The number of morpholine rings is 1. The highest BCUT2D eigenvalue weighted by atomic mass is 16.5. The highest BCUT2D eigenvalue weighted by Crippen LogP contribution is 2.11. The molecule has 7 heteroatoms. The fourth-order valence-electron chi connectivity index (χ4n) is 2.04. The van der Waals surface area contributed by atoms with E-state index in [0.29, 0.717) is 26.4 Å². The molecule has 1 atom stereocenters. The summed E-state index contributed by atoms with van der Waals surface area (Å²) < 4.78 is 11.6. The normalized spacial score (nSPS) is 17.5. The molecule has 0 amide bonds. The quantitative estimate of drug-likeness (QED) is 0.741. The van der Waals surface area contributed by atoms with Gasteiger partial charge in [0, 0.05) is 32.3 Å². The lowest BCUT2D eigenvalue weighted by molar-refractivity contribution is 0.122. The summed E-state index contributed by atoms with van der Waals surface area (Å²) in [4.78, 5) is 14.1. The number of nitrogens with zero attached hydrogens (tertiary/aromatic N) is 3. The SMILES string of the molecule is COCC(N)Cn1ncc(N2CCOCC2)cc1=O. The molecule has 1 unspecified atom stereocenters. The standard InChI is InChI=1S/C12H20N4O3/c1-18-9-10(13)8-16-12(17)6-11(7-14-16)15-2-4-19-5-3-15/h6-7,10H,2-5,8-9,13H2,1H3. The van der Waals surface area contributed by atoms with Crippen molar-refractivity contribution in [2.75, 3.05) is 44.9 Å². The van der Waals surface area contributed by atoms with Crippen molar-refractivity contribution in [2.24, 2.45) is 5.73 Å². The van der Waals surface area contributed by atoms with Crippen molar-refractivity contribution in [1.82, 2.24) is 9.78 Å². The number of aromatic nitrogens is 2. The van der Waals surface area contributed by atoms with Crippen LogP contribution in [0.5, 0.6) is 0 Å². The van der Waals surface area contributed by atoms with Crippen LogP contribution in [0.3, 0.4) is 0 Å². The fraction of sp³-hybridized carbons (Fsp3) is 0.667. The Morgan fingerprint density at radius 3 is 2.89 bits per heavy atom. The molecule has 0 bridgehead atoms. The van der Waals surface area contributed by atoms with Crippen LogP contribution in [-0.2, 0) is 16.0 Å². The summed E-state index contributed by atoms with van der Waals surface area (Å²) in [5, 5.41) is 4.16. The second-order valence-electron chi connectivity index (χ2n) is 4.55. The Hall–Kier alpha value is -1.44. The molecule has 2 N–H and O–H groups in total. The van der Waals surface area contributed by atoms with Crippen LogP contribution in [0.1, 0.15) is 0 Å². The van der Waals surface area contributed by atoms with Gasteiger partial charge in [0.1, 0.15) is 0 Å². The number of hydrogen-bond donors (Lipinski definition) is 1. The Labute approximate surface area is 111 Å². The van der Waals surface area contributed by atoms with Crippen LogP contribution in [-0.4, -0.2) is 55.8 Å². The second-order valence-corrected chi connectivity index (χ2v) is 4.55. The minimum atomic E-state index is -0.232. The van der Waals surface area contributed by atoms with E-state index in [1.54, 1.807) is 19.4 Å². The minimum Gasteiger partial charge on any atom is -0.383 e. The summed E-state index contributed by atoms with van der Waals surface area (Å²) in [5.41, 5.74) is 6.51.